The van der Waals surface area contributed by atoms with E-state index >= 15 is 0 Å². The average molecular weight is 278 g/mol. The summed E-state index contributed by atoms with van der Waals surface area (Å²) in [7, 11) is 0. The van der Waals surface area contributed by atoms with Gasteiger partial charge < -0.3 is 5.11 Å². The molecule has 1 aliphatic rings. The second-order valence-electron chi connectivity index (χ2n) is 4.01. The number of nitrogens with zero attached hydrogens (tertiary/aromatic N) is 1. The molecular weight excluding hydrogens is 272 g/mol. The lowest BCUT2D eigenvalue weighted by Crippen LogP contribution is -2.28. The van der Waals surface area contributed by atoms with Crippen LogP contribution in [-0.4, -0.2) is 21.9 Å². The van der Waals surface area contributed by atoms with E-state index in [9.17, 15) is 23.7 Å². The van der Waals surface area contributed by atoms with Crippen molar-refractivity contribution in [2.75, 3.05) is 0 Å². The van der Waals surface area contributed by atoms with Crippen molar-refractivity contribution in [3.63, 3.8) is 0 Å². The molecule has 1 aliphatic carbocycles. The Labute approximate surface area is 104 Å². The minimum absolute atomic E-state index is 0.0288. The zero-order valence-corrected chi connectivity index (χ0v) is 9.45. The molecule has 1 N–H and O–H groups in total. The molecule has 8 heteroatoms. The number of aliphatic carboxylic acids is 1. The lowest BCUT2D eigenvalue weighted by Gasteiger charge is -2.12. The molecule has 1 saturated carbocycles. The Bertz CT molecular complexity index is 563. The van der Waals surface area contributed by atoms with E-state index in [-0.39, 0.29) is 5.02 Å². The van der Waals surface area contributed by atoms with Crippen LogP contribution in [0.2, 0.25) is 5.02 Å². The molecule has 1 fully saturated rings. The molecular formula is C10H6ClF2NO4. The number of alkyl halides is 2. The Morgan fingerprint density at radius 2 is 2.06 bits per heavy atom. The highest BCUT2D eigenvalue weighted by Crippen LogP contribution is 2.63. The van der Waals surface area contributed by atoms with Gasteiger partial charge in [-0.2, -0.15) is 0 Å². The summed E-state index contributed by atoms with van der Waals surface area (Å²) in [5.74, 6) is -5.30. The minimum Gasteiger partial charge on any atom is -0.480 e. The van der Waals surface area contributed by atoms with Gasteiger partial charge >= 0.3 is 5.97 Å². The summed E-state index contributed by atoms with van der Waals surface area (Å²) >= 11 is 5.59. The van der Waals surface area contributed by atoms with Crippen molar-refractivity contribution in [2.24, 2.45) is 0 Å². The summed E-state index contributed by atoms with van der Waals surface area (Å²) in [5.41, 5.74) is -3.77. The van der Waals surface area contributed by atoms with E-state index in [1.807, 2.05) is 0 Å². The summed E-state index contributed by atoms with van der Waals surface area (Å²) in [6.07, 6.45) is -0.962. The maximum atomic E-state index is 13.3. The van der Waals surface area contributed by atoms with Gasteiger partial charge in [0.05, 0.1) is 10.5 Å². The summed E-state index contributed by atoms with van der Waals surface area (Å²) in [4.78, 5) is 20.9. The molecule has 0 amide bonds. The van der Waals surface area contributed by atoms with Crippen LogP contribution in [0.15, 0.2) is 18.2 Å². The van der Waals surface area contributed by atoms with Gasteiger partial charge in [0.25, 0.3) is 11.6 Å². The SMILES string of the molecule is O=C(O)C1(c2cc(Cl)ccc2[N+](=O)[O-])CC1(F)F. The highest BCUT2D eigenvalue weighted by molar-refractivity contribution is 6.30. The van der Waals surface area contributed by atoms with Gasteiger partial charge in [-0.05, 0) is 12.1 Å². The van der Waals surface area contributed by atoms with E-state index in [4.69, 9.17) is 16.7 Å². The molecule has 0 radical (unpaired) electrons. The van der Waals surface area contributed by atoms with E-state index in [1.54, 1.807) is 0 Å². The van der Waals surface area contributed by atoms with Gasteiger partial charge in [0.1, 0.15) is 0 Å². The molecule has 0 spiro atoms. The first kappa shape index (κ1) is 12.7. The zero-order chi connectivity index (χ0) is 13.7. The molecule has 96 valence electrons. The van der Waals surface area contributed by atoms with Crippen molar-refractivity contribution >= 4 is 23.3 Å². The van der Waals surface area contributed by atoms with Crippen LogP contribution in [-0.2, 0) is 10.2 Å². The number of hydrogen-bond donors (Lipinski definition) is 1. The predicted molar refractivity (Wildman–Crippen MR) is 57.0 cm³/mol. The fraction of sp³-hybridized carbons (Fsp3) is 0.300. The van der Waals surface area contributed by atoms with Gasteiger partial charge in [0.2, 0.25) is 0 Å². The third-order valence-electron chi connectivity index (χ3n) is 2.97. The predicted octanol–water partition coefficient (Wildman–Crippen LogP) is 2.61. The molecule has 1 unspecified atom stereocenters. The smallest absolute Gasteiger partial charge is 0.320 e. The van der Waals surface area contributed by atoms with Crippen LogP contribution in [0.25, 0.3) is 0 Å². The summed E-state index contributed by atoms with van der Waals surface area (Å²) in [5, 5.41) is 19.7. The number of carboxylic acids is 1. The number of hydrogen-bond acceptors (Lipinski definition) is 3. The van der Waals surface area contributed by atoms with Crippen molar-refractivity contribution in [1.29, 1.82) is 0 Å². The van der Waals surface area contributed by atoms with E-state index in [0.717, 1.165) is 18.2 Å². The van der Waals surface area contributed by atoms with Crippen LogP contribution in [0.4, 0.5) is 14.5 Å². The second-order valence-corrected chi connectivity index (χ2v) is 4.45. The van der Waals surface area contributed by atoms with Gasteiger partial charge in [-0.15, -0.1) is 0 Å². The van der Waals surface area contributed by atoms with Gasteiger partial charge in [-0.25, -0.2) is 8.78 Å². The number of halogens is 3. The number of rotatable bonds is 3. The molecule has 0 aliphatic heterocycles. The third kappa shape index (κ3) is 1.54. The van der Waals surface area contributed by atoms with Crippen molar-refractivity contribution in [2.45, 2.75) is 17.8 Å². The largest absolute Gasteiger partial charge is 0.480 e. The number of nitro groups is 1. The Morgan fingerprint density at radius 1 is 1.50 bits per heavy atom. The topological polar surface area (TPSA) is 80.4 Å². The van der Waals surface area contributed by atoms with Crippen LogP contribution in [0.5, 0.6) is 0 Å². The standard InChI is InChI=1S/C10H6ClF2NO4/c11-5-1-2-7(14(17)18)6(3-5)9(8(15)16)4-10(9,12)13/h1-3H,4H2,(H,15,16). The Hall–Kier alpha value is -1.76. The zero-order valence-electron chi connectivity index (χ0n) is 8.69. The van der Waals surface area contributed by atoms with Gasteiger partial charge in [0.15, 0.2) is 5.41 Å². The van der Waals surface area contributed by atoms with Crippen LogP contribution in [0.3, 0.4) is 0 Å². The Kier molecular flexibility index (Phi) is 2.55. The molecule has 5 nitrogen and oxygen atoms in total. The van der Waals surface area contributed by atoms with Gasteiger partial charge in [-0.3, -0.25) is 14.9 Å². The quantitative estimate of drug-likeness (QED) is 0.680. The van der Waals surface area contributed by atoms with E-state index in [0.29, 0.717) is 0 Å². The lowest BCUT2D eigenvalue weighted by atomic mass is 9.93. The second kappa shape index (κ2) is 3.61. The summed E-state index contributed by atoms with van der Waals surface area (Å²) < 4.78 is 26.6. The Morgan fingerprint density at radius 3 is 2.44 bits per heavy atom. The van der Waals surface area contributed by atoms with E-state index in [1.165, 1.54) is 0 Å². The lowest BCUT2D eigenvalue weighted by molar-refractivity contribution is -0.385. The number of benzene rings is 1. The number of nitro benzene ring substituents is 1. The van der Waals surface area contributed by atoms with Crippen LogP contribution < -0.4 is 0 Å². The maximum absolute atomic E-state index is 13.3. The summed E-state index contributed by atoms with van der Waals surface area (Å²) in [6, 6.07) is 2.99. The normalized spacial score (nSPS) is 24.6. The van der Waals surface area contributed by atoms with Gasteiger partial charge in [-0.1, -0.05) is 11.6 Å². The maximum Gasteiger partial charge on any atom is 0.320 e. The van der Waals surface area contributed by atoms with Gasteiger partial charge in [0, 0.05) is 17.5 Å². The first-order chi connectivity index (χ1) is 8.22. The molecule has 1 aromatic carbocycles. The molecule has 1 aromatic rings. The van der Waals surface area contributed by atoms with E-state index < -0.39 is 39.9 Å². The van der Waals surface area contributed by atoms with Crippen LogP contribution >= 0.6 is 11.6 Å². The molecule has 0 aromatic heterocycles. The van der Waals surface area contributed by atoms with Crippen molar-refractivity contribution in [3.05, 3.63) is 38.9 Å². The van der Waals surface area contributed by atoms with Crippen molar-refractivity contribution in [1.82, 2.24) is 0 Å². The minimum atomic E-state index is -3.51. The monoisotopic (exact) mass is 277 g/mol. The fourth-order valence-corrected chi connectivity index (χ4v) is 2.11. The molecule has 0 heterocycles. The molecule has 0 saturated heterocycles. The Balaban J connectivity index is 2.67. The highest BCUT2D eigenvalue weighted by atomic mass is 35.5. The first-order valence-electron chi connectivity index (χ1n) is 4.78. The average Bonchev–Trinajstić information content (AvgIpc) is 2.82. The van der Waals surface area contributed by atoms with E-state index in [2.05, 4.69) is 0 Å². The summed E-state index contributed by atoms with van der Waals surface area (Å²) in [6.45, 7) is 0. The fourth-order valence-electron chi connectivity index (χ4n) is 1.94. The molecule has 0 bridgehead atoms. The molecule has 18 heavy (non-hydrogen) atoms. The highest BCUT2D eigenvalue weighted by Gasteiger charge is 2.79. The molecule has 2 rings (SSSR count). The van der Waals surface area contributed by atoms with Crippen molar-refractivity contribution in [3.8, 4) is 0 Å². The first-order valence-corrected chi connectivity index (χ1v) is 5.16. The van der Waals surface area contributed by atoms with Crippen LogP contribution in [0, 0.1) is 10.1 Å². The van der Waals surface area contributed by atoms with Crippen LogP contribution in [0.1, 0.15) is 12.0 Å². The molecule has 1 atom stereocenters. The number of carbonyl (C=O) groups is 1. The number of carboxylic acid groups (broad SMARTS) is 1. The van der Waals surface area contributed by atoms with Crippen molar-refractivity contribution < 1.29 is 23.6 Å². The third-order valence-corrected chi connectivity index (χ3v) is 3.20.